The molecule has 0 saturated heterocycles. The third kappa shape index (κ3) is 2.75. The Morgan fingerprint density at radius 1 is 1.29 bits per heavy atom. The van der Waals surface area contributed by atoms with E-state index in [4.69, 9.17) is 33.5 Å². The van der Waals surface area contributed by atoms with Gasteiger partial charge in [0, 0.05) is 16.8 Å². The van der Waals surface area contributed by atoms with Crippen molar-refractivity contribution >= 4 is 38.9 Å². The Bertz CT molecular complexity index is 798. The highest BCUT2D eigenvalue weighted by molar-refractivity contribution is 7.91. The summed E-state index contributed by atoms with van der Waals surface area (Å²) in [5.74, 6) is 0.00551. The predicted octanol–water partition coefficient (Wildman–Crippen LogP) is 3.51. The Morgan fingerprint density at radius 2 is 1.90 bits per heavy atom. The topological polar surface area (TPSA) is 86.2 Å². The summed E-state index contributed by atoms with van der Waals surface area (Å²) in [7, 11) is -3.44. The van der Waals surface area contributed by atoms with Crippen LogP contribution in [0.15, 0.2) is 22.7 Å². The molecule has 2 rings (SSSR count). The zero-order chi connectivity index (χ0) is 16.0. The minimum Gasteiger partial charge on any atom is -0.367 e. The van der Waals surface area contributed by atoms with E-state index >= 15 is 0 Å². The van der Waals surface area contributed by atoms with Gasteiger partial charge in [-0.2, -0.15) is 0 Å². The molecular weight excluding hydrogens is 335 g/mol. The van der Waals surface area contributed by atoms with Crippen LogP contribution < -0.4 is 5.73 Å². The van der Waals surface area contributed by atoms with E-state index in [-0.39, 0.29) is 11.6 Å². The molecule has 0 fully saturated rings. The molecule has 1 heterocycles. The molecule has 0 aliphatic carbocycles. The number of nitrogen functional groups attached to an aromatic ring is 1. The average Bonchev–Trinajstić information content (AvgIpc) is 2.70. The van der Waals surface area contributed by atoms with E-state index in [0.29, 0.717) is 21.2 Å². The second-order valence-corrected chi connectivity index (χ2v) is 8.59. The summed E-state index contributed by atoms with van der Waals surface area (Å²) in [4.78, 5) is 0. The molecule has 0 radical (unpaired) electrons. The van der Waals surface area contributed by atoms with Crippen LogP contribution in [0.5, 0.6) is 0 Å². The quantitative estimate of drug-likeness (QED) is 0.916. The molecule has 0 atom stereocenters. The number of sulfone groups is 1. The molecule has 2 aromatic rings. The van der Waals surface area contributed by atoms with Crippen molar-refractivity contribution in [1.82, 2.24) is 5.16 Å². The smallest absolute Gasteiger partial charge is 0.230 e. The van der Waals surface area contributed by atoms with Crippen LogP contribution in [0.3, 0.4) is 0 Å². The van der Waals surface area contributed by atoms with E-state index in [1.165, 1.54) is 13.8 Å². The average molecular weight is 349 g/mol. The molecule has 21 heavy (non-hydrogen) atoms. The first-order chi connectivity index (χ1) is 9.55. The molecule has 5 nitrogen and oxygen atoms in total. The number of hydrogen-bond acceptors (Lipinski definition) is 5. The zero-order valence-corrected chi connectivity index (χ0v) is 14.0. The van der Waals surface area contributed by atoms with Crippen LogP contribution in [0, 0.1) is 0 Å². The van der Waals surface area contributed by atoms with Crippen LogP contribution in [0.1, 0.15) is 19.5 Å². The highest BCUT2D eigenvalue weighted by atomic mass is 35.5. The second kappa shape index (κ2) is 5.19. The lowest BCUT2D eigenvalue weighted by Gasteiger charge is -2.21. The molecule has 1 aromatic carbocycles. The van der Waals surface area contributed by atoms with Gasteiger partial charge in [0.15, 0.2) is 9.84 Å². The molecule has 114 valence electrons. The molecule has 0 bridgehead atoms. The van der Waals surface area contributed by atoms with Gasteiger partial charge in [-0.1, -0.05) is 34.4 Å². The normalized spacial score (nSPS) is 12.6. The van der Waals surface area contributed by atoms with Gasteiger partial charge in [-0.05, 0) is 26.0 Å². The van der Waals surface area contributed by atoms with E-state index in [9.17, 15) is 8.42 Å². The van der Waals surface area contributed by atoms with E-state index in [1.807, 2.05) is 0 Å². The van der Waals surface area contributed by atoms with Gasteiger partial charge in [-0.25, -0.2) is 8.42 Å². The summed E-state index contributed by atoms with van der Waals surface area (Å²) in [6.07, 6.45) is 1.13. The maximum Gasteiger partial charge on any atom is 0.230 e. The Morgan fingerprint density at radius 3 is 2.43 bits per heavy atom. The van der Waals surface area contributed by atoms with Crippen molar-refractivity contribution in [2.24, 2.45) is 0 Å². The third-order valence-corrected chi connectivity index (χ3v) is 6.01. The Kier molecular flexibility index (Phi) is 3.99. The predicted molar refractivity (Wildman–Crippen MR) is 84.2 cm³/mol. The first-order valence-corrected chi connectivity index (χ1v) is 8.61. The molecule has 0 unspecified atom stereocenters. The van der Waals surface area contributed by atoms with Crippen LogP contribution >= 0.6 is 23.2 Å². The Labute approximate surface area is 132 Å². The standard InChI is InChI=1S/C13H14Cl2N2O3S/c1-13(2,21(3,18)19)11-10(12(16)20-17-11)8-5-4-7(14)6-9(8)15/h4-6H,16H2,1-3H3. The summed E-state index contributed by atoms with van der Waals surface area (Å²) in [5, 5.41) is 4.62. The van der Waals surface area contributed by atoms with Crippen molar-refractivity contribution in [3.8, 4) is 11.1 Å². The van der Waals surface area contributed by atoms with Gasteiger partial charge in [0.25, 0.3) is 0 Å². The van der Waals surface area contributed by atoms with E-state index in [0.717, 1.165) is 6.26 Å². The molecule has 0 spiro atoms. The van der Waals surface area contributed by atoms with Crippen molar-refractivity contribution in [2.45, 2.75) is 18.6 Å². The summed E-state index contributed by atoms with van der Waals surface area (Å²) < 4.78 is 27.7. The maximum atomic E-state index is 12.0. The molecule has 8 heteroatoms. The summed E-state index contributed by atoms with van der Waals surface area (Å²) >= 11 is 12.0. The second-order valence-electron chi connectivity index (χ2n) is 5.18. The summed E-state index contributed by atoms with van der Waals surface area (Å²) in [5.41, 5.74) is 6.91. The SMILES string of the molecule is CC(C)(c1noc(N)c1-c1ccc(Cl)cc1Cl)S(C)(=O)=O. The Balaban J connectivity index is 2.75. The van der Waals surface area contributed by atoms with Gasteiger partial charge >= 0.3 is 0 Å². The van der Waals surface area contributed by atoms with Crippen molar-refractivity contribution in [2.75, 3.05) is 12.0 Å². The van der Waals surface area contributed by atoms with Crippen molar-refractivity contribution < 1.29 is 12.9 Å². The van der Waals surface area contributed by atoms with Crippen LogP contribution in [-0.2, 0) is 14.6 Å². The molecule has 0 amide bonds. The molecular formula is C13H14Cl2N2O3S. The number of anilines is 1. The van der Waals surface area contributed by atoms with Crippen LogP contribution in [0.2, 0.25) is 10.0 Å². The number of benzene rings is 1. The largest absolute Gasteiger partial charge is 0.367 e. The van der Waals surface area contributed by atoms with Crippen LogP contribution in [-0.4, -0.2) is 19.8 Å². The van der Waals surface area contributed by atoms with Crippen LogP contribution in [0.4, 0.5) is 5.88 Å². The first kappa shape index (κ1) is 16.1. The molecule has 0 aliphatic heterocycles. The molecule has 0 aliphatic rings. The lowest BCUT2D eigenvalue weighted by Crippen LogP contribution is -2.29. The molecule has 2 N–H and O–H groups in total. The van der Waals surface area contributed by atoms with Gasteiger partial charge < -0.3 is 10.3 Å². The molecule has 0 saturated carbocycles. The number of hydrogen-bond donors (Lipinski definition) is 1. The van der Waals surface area contributed by atoms with Crippen molar-refractivity contribution in [3.63, 3.8) is 0 Å². The fourth-order valence-corrected chi connectivity index (χ4v) is 2.84. The van der Waals surface area contributed by atoms with E-state index < -0.39 is 14.6 Å². The number of rotatable bonds is 3. The highest BCUT2D eigenvalue weighted by Gasteiger charge is 2.39. The van der Waals surface area contributed by atoms with Gasteiger partial charge in [0.05, 0.1) is 10.6 Å². The van der Waals surface area contributed by atoms with Crippen LogP contribution in [0.25, 0.3) is 11.1 Å². The van der Waals surface area contributed by atoms with Gasteiger partial charge in [0.1, 0.15) is 10.4 Å². The van der Waals surface area contributed by atoms with Gasteiger partial charge in [0.2, 0.25) is 5.88 Å². The minimum atomic E-state index is -3.44. The van der Waals surface area contributed by atoms with Crippen molar-refractivity contribution in [3.05, 3.63) is 33.9 Å². The number of halogens is 2. The fraction of sp³-hybridized carbons (Fsp3) is 0.308. The number of aromatic nitrogens is 1. The van der Waals surface area contributed by atoms with E-state index in [1.54, 1.807) is 18.2 Å². The fourth-order valence-electron chi connectivity index (χ4n) is 1.84. The summed E-state index contributed by atoms with van der Waals surface area (Å²) in [6, 6.07) is 4.82. The minimum absolute atomic E-state index is 0.00551. The lowest BCUT2D eigenvalue weighted by molar-refractivity contribution is 0.417. The molecule has 1 aromatic heterocycles. The van der Waals surface area contributed by atoms with Gasteiger partial charge in [-0.15, -0.1) is 0 Å². The Hall–Kier alpha value is -1.24. The highest BCUT2D eigenvalue weighted by Crippen LogP contribution is 2.42. The number of nitrogens with zero attached hydrogens (tertiary/aromatic N) is 1. The number of nitrogens with two attached hydrogens (primary N) is 1. The summed E-state index contributed by atoms with van der Waals surface area (Å²) in [6.45, 7) is 3.07. The first-order valence-electron chi connectivity index (χ1n) is 5.96. The lowest BCUT2D eigenvalue weighted by atomic mass is 9.98. The van der Waals surface area contributed by atoms with Crippen molar-refractivity contribution in [1.29, 1.82) is 0 Å². The maximum absolute atomic E-state index is 12.0. The third-order valence-electron chi connectivity index (χ3n) is 3.42. The van der Waals surface area contributed by atoms with Gasteiger partial charge in [-0.3, -0.25) is 0 Å². The van der Waals surface area contributed by atoms with E-state index in [2.05, 4.69) is 5.16 Å². The monoisotopic (exact) mass is 348 g/mol. The zero-order valence-electron chi connectivity index (χ0n) is 11.6.